The van der Waals surface area contributed by atoms with E-state index >= 15 is 0 Å². The van der Waals surface area contributed by atoms with E-state index < -0.39 is 0 Å². The summed E-state index contributed by atoms with van der Waals surface area (Å²) in [5.74, 6) is 7.09. The van der Waals surface area contributed by atoms with Gasteiger partial charge >= 0.3 is 0 Å². The van der Waals surface area contributed by atoms with Gasteiger partial charge in [-0.2, -0.15) is 0 Å². The fraction of sp³-hybridized carbons (Fsp3) is 0.188. The number of aromatic nitrogens is 1. The molecule has 0 spiro atoms. The molecule has 2 aromatic rings. The van der Waals surface area contributed by atoms with Crippen LogP contribution in [0.15, 0.2) is 36.7 Å². The topological polar surface area (TPSA) is 22.1 Å². The zero-order valence-electron chi connectivity index (χ0n) is 11.1. The molecule has 0 saturated heterocycles. The molecule has 0 N–H and O–H groups in total. The molecule has 0 unspecified atom stereocenters. The van der Waals surface area contributed by atoms with E-state index in [9.17, 15) is 0 Å². The van der Waals surface area contributed by atoms with Crippen LogP contribution in [0.4, 0.5) is 0 Å². The molecule has 1 heterocycles. The Morgan fingerprint density at radius 1 is 1.14 bits per heavy atom. The fourth-order valence-electron chi connectivity index (χ4n) is 1.58. The Morgan fingerprint density at radius 3 is 2.76 bits per heavy atom. The van der Waals surface area contributed by atoms with Gasteiger partial charge in [0, 0.05) is 39.7 Å². The van der Waals surface area contributed by atoms with E-state index in [1.165, 1.54) is 0 Å². The average molecular weight is 341 g/mol. The molecule has 0 saturated carbocycles. The number of hydrogen-bond donors (Lipinski definition) is 0. The number of hydrogen-bond acceptors (Lipinski definition) is 2. The SMILES string of the molecule is ClCCC#Cc1cncc(OCc2ccc(Cl)cc2Cl)c1. The number of pyridine rings is 1. The summed E-state index contributed by atoms with van der Waals surface area (Å²) in [6.07, 6.45) is 3.97. The third kappa shape index (κ3) is 5.13. The van der Waals surface area contributed by atoms with Crippen molar-refractivity contribution < 1.29 is 4.74 Å². The Morgan fingerprint density at radius 2 is 2.00 bits per heavy atom. The summed E-state index contributed by atoms with van der Waals surface area (Å²) in [6, 6.07) is 7.13. The van der Waals surface area contributed by atoms with Crippen LogP contribution < -0.4 is 4.74 Å². The summed E-state index contributed by atoms with van der Waals surface area (Å²) in [5, 5.41) is 1.18. The first-order valence-electron chi connectivity index (χ1n) is 6.25. The molecule has 0 radical (unpaired) electrons. The Labute approximate surface area is 139 Å². The van der Waals surface area contributed by atoms with Gasteiger partial charge in [0.1, 0.15) is 12.4 Å². The smallest absolute Gasteiger partial charge is 0.139 e. The molecule has 2 nitrogen and oxygen atoms in total. The van der Waals surface area contributed by atoms with Crippen molar-refractivity contribution in [3.05, 3.63) is 57.8 Å². The van der Waals surface area contributed by atoms with Crippen molar-refractivity contribution in [1.82, 2.24) is 4.98 Å². The van der Waals surface area contributed by atoms with Gasteiger partial charge in [0.25, 0.3) is 0 Å². The highest BCUT2D eigenvalue weighted by atomic mass is 35.5. The maximum atomic E-state index is 6.10. The molecule has 1 aromatic carbocycles. The zero-order chi connectivity index (χ0) is 15.1. The van der Waals surface area contributed by atoms with Crippen LogP contribution in [0.1, 0.15) is 17.5 Å². The molecule has 21 heavy (non-hydrogen) atoms. The molecular formula is C16H12Cl3NO. The van der Waals surface area contributed by atoms with Gasteiger partial charge in [0.2, 0.25) is 0 Å². The quantitative estimate of drug-likeness (QED) is 0.580. The molecule has 5 heteroatoms. The number of halogens is 3. The largest absolute Gasteiger partial charge is 0.487 e. The summed E-state index contributed by atoms with van der Waals surface area (Å²) in [5.41, 5.74) is 1.65. The second-order valence-electron chi connectivity index (χ2n) is 4.17. The van der Waals surface area contributed by atoms with Crippen molar-refractivity contribution in [3.8, 4) is 17.6 Å². The summed E-state index contributed by atoms with van der Waals surface area (Å²) in [6.45, 7) is 0.343. The lowest BCUT2D eigenvalue weighted by atomic mass is 10.2. The number of ether oxygens (including phenoxy) is 1. The van der Waals surface area contributed by atoms with Crippen LogP contribution in [0, 0.1) is 11.8 Å². The van der Waals surface area contributed by atoms with Gasteiger partial charge in [-0.15, -0.1) is 11.6 Å². The van der Waals surface area contributed by atoms with Gasteiger partial charge in [0.15, 0.2) is 0 Å². The van der Waals surface area contributed by atoms with Crippen LogP contribution in [-0.2, 0) is 6.61 Å². The van der Waals surface area contributed by atoms with Crippen LogP contribution in [0.5, 0.6) is 5.75 Å². The molecule has 0 aliphatic heterocycles. The maximum absolute atomic E-state index is 6.10. The van der Waals surface area contributed by atoms with Crippen molar-refractivity contribution in [3.63, 3.8) is 0 Å². The minimum atomic E-state index is 0.343. The minimum Gasteiger partial charge on any atom is -0.487 e. The lowest BCUT2D eigenvalue weighted by molar-refractivity contribution is 0.305. The summed E-state index contributed by atoms with van der Waals surface area (Å²) in [7, 11) is 0. The zero-order valence-corrected chi connectivity index (χ0v) is 13.3. The highest BCUT2D eigenvalue weighted by Gasteiger charge is 2.03. The van der Waals surface area contributed by atoms with Crippen LogP contribution in [0.2, 0.25) is 10.0 Å². The minimum absolute atomic E-state index is 0.343. The Balaban J connectivity index is 2.03. The van der Waals surface area contributed by atoms with Gasteiger partial charge in [-0.3, -0.25) is 4.98 Å². The van der Waals surface area contributed by atoms with Crippen LogP contribution in [0.25, 0.3) is 0 Å². The molecular weight excluding hydrogens is 329 g/mol. The lowest BCUT2D eigenvalue weighted by Gasteiger charge is -2.08. The van der Waals surface area contributed by atoms with E-state index in [4.69, 9.17) is 39.5 Å². The first-order valence-corrected chi connectivity index (χ1v) is 7.54. The van der Waals surface area contributed by atoms with Crippen molar-refractivity contribution in [2.75, 3.05) is 5.88 Å². The van der Waals surface area contributed by atoms with Crippen LogP contribution in [-0.4, -0.2) is 10.9 Å². The summed E-state index contributed by atoms with van der Waals surface area (Å²) in [4.78, 5) is 4.10. The first-order chi connectivity index (χ1) is 10.2. The van der Waals surface area contributed by atoms with E-state index in [0.29, 0.717) is 34.7 Å². The highest BCUT2D eigenvalue weighted by Crippen LogP contribution is 2.22. The standard InChI is InChI=1S/C16H12Cl3NO/c17-6-2-1-3-12-7-15(10-20-9-12)21-11-13-4-5-14(18)8-16(13)19/h4-5,7-10H,2,6,11H2. The molecule has 0 aliphatic rings. The predicted octanol–water partition coefficient (Wildman–Crippen LogP) is 4.95. The van der Waals surface area contributed by atoms with E-state index in [0.717, 1.165) is 11.1 Å². The van der Waals surface area contributed by atoms with Gasteiger partial charge in [-0.1, -0.05) is 41.1 Å². The molecule has 0 amide bonds. The van der Waals surface area contributed by atoms with Gasteiger partial charge in [-0.25, -0.2) is 0 Å². The average Bonchev–Trinajstić information content (AvgIpc) is 2.47. The van der Waals surface area contributed by atoms with E-state index in [2.05, 4.69) is 16.8 Å². The molecule has 0 aliphatic carbocycles. The second kappa shape index (κ2) is 8.14. The first kappa shape index (κ1) is 16.0. The van der Waals surface area contributed by atoms with Crippen molar-refractivity contribution in [2.45, 2.75) is 13.0 Å². The number of benzene rings is 1. The normalized spacial score (nSPS) is 9.86. The van der Waals surface area contributed by atoms with Gasteiger partial charge in [-0.05, 0) is 18.2 Å². The van der Waals surface area contributed by atoms with Crippen molar-refractivity contribution >= 4 is 34.8 Å². The lowest BCUT2D eigenvalue weighted by Crippen LogP contribution is -1.97. The summed E-state index contributed by atoms with van der Waals surface area (Å²) >= 11 is 17.5. The summed E-state index contributed by atoms with van der Waals surface area (Å²) < 4.78 is 5.68. The molecule has 0 bridgehead atoms. The monoisotopic (exact) mass is 339 g/mol. The predicted molar refractivity (Wildman–Crippen MR) is 87.2 cm³/mol. The Kier molecular flexibility index (Phi) is 6.20. The maximum Gasteiger partial charge on any atom is 0.139 e. The molecule has 0 fully saturated rings. The van der Waals surface area contributed by atoms with E-state index in [-0.39, 0.29) is 0 Å². The number of nitrogens with zero attached hydrogens (tertiary/aromatic N) is 1. The van der Waals surface area contributed by atoms with E-state index in [1.54, 1.807) is 24.5 Å². The second-order valence-corrected chi connectivity index (χ2v) is 5.40. The van der Waals surface area contributed by atoms with E-state index in [1.807, 2.05) is 12.1 Å². The molecule has 2 rings (SSSR count). The third-order valence-corrected chi connectivity index (χ3v) is 3.35. The van der Waals surface area contributed by atoms with Crippen molar-refractivity contribution in [2.24, 2.45) is 0 Å². The van der Waals surface area contributed by atoms with Gasteiger partial charge < -0.3 is 4.74 Å². The van der Waals surface area contributed by atoms with Crippen LogP contribution in [0.3, 0.4) is 0 Å². The van der Waals surface area contributed by atoms with Crippen LogP contribution >= 0.6 is 34.8 Å². The fourth-order valence-corrected chi connectivity index (χ4v) is 2.14. The molecule has 108 valence electrons. The number of rotatable bonds is 4. The highest BCUT2D eigenvalue weighted by molar-refractivity contribution is 6.35. The Bertz CT molecular complexity index is 677. The molecule has 1 aromatic heterocycles. The van der Waals surface area contributed by atoms with Crippen molar-refractivity contribution in [1.29, 1.82) is 0 Å². The molecule has 0 atom stereocenters. The Hall–Kier alpha value is -1.40. The third-order valence-electron chi connectivity index (χ3n) is 2.57. The number of alkyl halides is 1. The van der Waals surface area contributed by atoms with Gasteiger partial charge in [0.05, 0.1) is 6.20 Å².